The third kappa shape index (κ3) is 4.17. The van der Waals surface area contributed by atoms with Crippen LogP contribution in [0.5, 0.6) is 23.0 Å². The Morgan fingerprint density at radius 3 is 1.84 bits per heavy atom. The fourth-order valence-electron chi connectivity index (χ4n) is 2.33. The first-order chi connectivity index (χ1) is 12.0. The maximum absolute atomic E-state index is 12.0. The molecule has 0 amide bonds. The molecular formula is C19H18O6. The molecule has 0 heterocycles. The van der Waals surface area contributed by atoms with Crippen molar-refractivity contribution < 1.29 is 29.3 Å². The monoisotopic (exact) mass is 342 g/mol. The summed E-state index contributed by atoms with van der Waals surface area (Å²) in [6.07, 6.45) is 1.63. The van der Waals surface area contributed by atoms with Crippen LogP contribution < -0.4 is 9.47 Å². The lowest BCUT2D eigenvalue weighted by Gasteiger charge is -2.13. The van der Waals surface area contributed by atoms with Crippen molar-refractivity contribution >= 4 is 17.6 Å². The number of phenols is 2. The number of benzene rings is 2. The van der Waals surface area contributed by atoms with Crippen LogP contribution in [0.3, 0.4) is 0 Å². The fourth-order valence-corrected chi connectivity index (χ4v) is 2.33. The van der Waals surface area contributed by atoms with Gasteiger partial charge in [0.15, 0.2) is 28.8 Å². The van der Waals surface area contributed by atoms with Crippen LogP contribution in [0.25, 0.3) is 5.57 Å². The second kappa shape index (κ2) is 8.01. The molecule has 0 saturated carbocycles. The minimum atomic E-state index is -0.371. The first kappa shape index (κ1) is 18.1. The molecule has 0 atom stereocenters. The van der Waals surface area contributed by atoms with E-state index in [-0.39, 0.29) is 35.2 Å². The Balaban J connectivity index is 2.62. The summed E-state index contributed by atoms with van der Waals surface area (Å²) in [5.74, 6) is 0.0549. The lowest BCUT2D eigenvalue weighted by Crippen LogP contribution is -1.98. The molecule has 0 aliphatic heterocycles. The second-order valence-corrected chi connectivity index (χ2v) is 5.17. The van der Waals surface area contributed by atoms with Gasteiger partial charge in [-0.05, 0) is 47.0 Å². The summed E-state index contributed by atoms with van der Waals surface area (Å²) in [7, 11) is 2.84. The van der Waals surface area contributed by atoms with Crippen LogP contribution in [0.2, 0.25) is 0 Å². The van der Waals surface area contributed by atoms with E-state index in [0.717, 1.165) is 0 Å². The summed E-state index contributed by atoms with van der Waals surface area (Å²) in [6.45, 7) is 0. The standard InChI is InChI=1S/C19H18O6/c1-24-18-9-12(3-5-16(18)22)15(11-14(21)7-8-20)13-4-6-17(23)19(10-13)25-2/h3-6,8-11,22-23H,7H2,1-2H3. The van der Waals surface area contributed by atoms with Gasteiger partial charge in [-0.15, -0.1) is 0 Å². The van der Waals surface area contributed by atoms with E-state index in [1.54, 1.807) is 24.3 Å². The van der Waals surface area contributed by atoms with E-state index in [4.69, 9.17) is 9.47 Å². The highest BCUT2D eigenvalue weighted by molar-refractivity contribution is 6.05. The maximum Gasteiger partial charge on any atom is 0.163 e. The molecule has 2 aromatic rings. The number of rotatable bonds is 7. The van der Waals surface area contributed by atoms with E-state index in [0.29, 0.717) is 23.0 Å². The van der Waals surface area contributed by atoms with Gasteiger partial charge in [-0.1, -0.05) is 12.1 Å². The third-order valence-corrected chi connectivity index (χ3v) is 3.57. The van der Waals surface area contributed by atoms with Crippen molar-refractivity contribution in [1.29, 1.82) is 0 Å². The van der Waals surface area contributed by atoms with Crippen molar-refractivity contribution in [3.8, 4) is 23.0 Å². The number of allylic oxidation sites excluding steroid dienone is 1. The maximum atomic E-state index is 12.0. The number of aldehydes is 1. The molecule has 0 spiro atoms. The van der Waals surface area contributed by atoms with Crippen LogP contribution in [0, 0.1) is 0 Å². The summed E-state index contributed by atoms with van der Waals surface area (Å²) >= 11 is 0. The number of methoxy groups -OCH3 is 2. The smallest absolute Gasteiger partial charge is 0.163 e. The highest BCUT2D eigenvalue weighted by Gasteiger charge is 2.13. The molecule has 2 N–H and O–H groups in total. The summed E-state index contributed by atoms with van der Waals surface area (Å²) in [6, 6.07) is 9.30. The van der Waals surface area contributed by atoms with Crippen molar-refractivity contribution in [1.82, 2.24) is 0 Å². The number of carbonyl (C=O) groups excluding carboxylic acids is 2. The zero-order valence-corrected chi connectivity index (χ0v) is 13.9. The van der Waals surface area contributed by atoms with Crippen LogP contribution in [0.15, 0.2) is 42.5 Å². The quantitative estimate of drug-likeness (QED) is 0.456. The molecule has 0 unspecified atom stereocenters. The lowest BCUT2D eigenvalue weighted by molar-refractivity contribution is -0.118. The van der Waals surface area contributed by atoms with Gasteiger partial charge in [0.05, 0.1) is 20.6 Å². The van der Waals surface area contributed by atoms with E-state index in [9.17, 15) is 19.8 Å². The molecule has 0 radical (unpaired) electrons. The molecule has 2 rings (SSSR count). The van der Waals surface area contributed by atoms with Gasteiger partial charge in [0, 0.05) is 0 Å². The van der Waals surface area contributed by atoms with Crippen LogP contribution in [-0.2, 0) is 9.59 Å². The average molecular weight is 342 g/mol. The highest BCUT2D eigenvalue weighted by atomic mass is 16.5. The number of phenolic OH excluding ortho intramolecular Hbond substituents is 2. The molecular weight excluding hydrogens is 324 g/mol. The van der Waals surface area contributed by atoms with Gasteiger partial charge in [0.25, 0.3) is 0 Å². The predicted octanol–water partition coefficient (Wildman–Crippen LogP) is 2.70. The van der Waals surface area contributed by atoms with Gasteiger partial charge in [-0.25, -0.2) is 0 Å². The van der Waals surface area contributed by atoms with Crippen molar-refractivity contribution in [3.05, 3.63) is 53.6 Å². The fraction of sp³-hybridized carbons (Fsp3) is 0.158. The molecule has 6 heteroatoms. The van der Waals surface area contributed by atoms with Crippen LogP contribution in [-0.4, -0.2) is 36.5 Å². The zero-order chi connectivity index (χ0) is 18.4. The number of ether oxygens (including phenoxy) is 2. The van der Waals surface area contributed by atoms with Gasteiger partial charge in [-0.2, -0.15) is 0 Å². The van der Waals surface area contributed by atoms with E-state index in [2.05, 4.69) is 0 Å². The Morgan fingerprint density at radius 1 is 0.960 bits per heavy atom. The first-order valence-electron chi connectivity index (χ1n) is 7.43. The second-order valence-electron chi connectivity index (χ2n) is 5.17. The van der Waals surface area contributed by atoms with Gasteiger partial charge in [0.1, 0.15) is 6.29 Å². The largest absolute Gasteiger partial charge is 0.504 e. The van der Waals surface area contributed by atoms with Crippen LogP contribution >= 0.6 is 0 Å². The molecule has 130 valence electrons. The molecule has 0 aliphatic rings. The van der Waals surface area contributed by atoms with E-state index in [1.807, 2.05) is 0 Å². The Labute approximate surface area is 144 Å². The topological polar surface area (TPSA) is 93.1 Å². The van der Waals surface area contributed by atoms with Crippen molar-refractivity contribution in [3.63, 3.8) is 0 Å². The molecule has 0 bridgehead atoms. The van der Waals surface area contributed by atoms with Crippen molar-refractivity contribution in [2.45, 2.75) is 6.42 Å². The number of hydrogen-bond donors (Lipinski definition) is 2. The number of ketones is 1. The molecule has 2 aromatic carbocycles. The molecule has 6 nitrogen and oxygen atoms in total. The molecule has 25 heavy (non-hydrogen) atoms. The van der Waals surface area contributed by atoms with Gasteiger partial charge in [-0.3, -0.25) is 4.79 Å². The summed E-state index contributed by atoms with van der Waals surface area (Å²) in [5, 5.41) is 19.5. The Kier molecular flexibility index (Phi) is 5.79. The Hall–Kier alpha value is -3.28. The summed E-state index contributed by atoms with van der Waals surface area (Å²) in [5.41, 5.74) is 1.70. The highest BCUT2D eigenvalue weighted by Crippen LogP contribution is 2.35. The third-order valence-electron chi connectivity index (χ3n) is 3.57. The van der Waals surface area contributed by atoms with Crippen molar-refractivity contribution in [2.24, 2.45) is 0 Å². The molecule has 0 aromatic heterocycles. The van der Waals surface area contributed by atoms with Crippen LogP contribution in [0.1, 0.15) is 17.5 Å². The summed E-state index contributed by atoms with van der Waals surface area (Å²) < 4.78 is 10.2. The van der Waals surface area contributed by atoms with Gasteiger partial charge in [0.2, 0.25) is 0 Å². The molecule has 0 aliphatic carbocycles. The average Bonchev–Trinajstić information content (AvgIpc) is 2.61. The van der Waals surface area contributed by atoms with E-state index in [1.165, 1.54) is 32.4 Å². The number of hydrogen-bond acceptors (Lipinski definition) is 6. The van der Waals surface area contributed by atoms with Gasteiger partial charge < -0.3 is 24.5 Å². The molecule has 0 saturated heterocycles. The number of aromatic hydroxyl groups is 2. The van der Waals surface area contributed by atoms with Crippen molar-refractivity contribution in [2.75, 3.05) is 14.2 Å². The minimum Gasteiger partial charge on any atom is -0.504 e. The SMILES string of the molecule is COc1cc(C(=CC(=O)CC=O)c2ccc(O)c(OC)c2)ccc1O. The van der Waals surface area contributed by atoms with E-state index < -0.39 is 0 Å². The first-order valence-corrected chi connectivity index (χ1v) is 7.43. The van der Waals surface area contributed by atoms with Gasteiger partial charge >= 0.3 is 0 Å². The summed E-state index contributed by atoms with van der Waals surface area (Å²) in [4.78, 5) is 22.6. The number of carbonyl (C=O) groups is 2. The Morgan fingerprint density at radius 2 is 1.44 bits per heavy atom. The van der Waals surface area contributed by atoms with Crippen LogP contribution in [0.4, 0.5) is 0 Å². The van der Waals surface area contributed by atoms with E-state index >= 15 is 0 Å². The normalized spacial score (nSPS) is 10.0. The predicted molar refractivity (Wildman–Crippen MR) is 92.1 cm³/mol. The lowest BCUT2D eigenvalue weighted by atomic mass is 9.95. The minimum absolute atomic E-state index is 0.0342. The zero-order valence-electron chi connectivity index (χ0n) is 13.9. The molecule has 0 fully saturated rings. The Bertz CT molecular complexity index is 767.